The van der Waals surface area contributed by atoms with E-state index in [1.165, 1.54) is 26.0 Å². The lowest BCUT2D eigenvalue weighted by Crippen LogP contribution is -2.46. The quantitative estimate of drug-likeness (QED) is 0.565. The van der Waals surface area contributed by atoms with Crippen LogP contribution in [-0.4, -0.2) is 33.0 Å². The van der Waals surface area contributed by atoms with Gasteiger partial charge in [0.2, 0.25) is 11.4 Å². The SMILES string of the molecule is CC(=O)[C@@]12O[C@@]1(C)[C@@H](O)c1cccc(O)c1C2=O. The minimum atomic E-state index is -1.64. The van der Waals surface area contributed by atoms with Crippen molar-refractivity contribution in [3.8, 4) is 5.75 Å². The Morgan fingerprint density at radius 3 is 2.72 bits per heavy atom. The summed E-state index contributed by atoms with van der Waals surface area (Å²) in [4.78, 5) is 24.1. The van der Waals surface area contributed by atoms with E-state index in [-0.39, 0.29) is 11.3 Å². The number of ketones is 2. The predicted octanol–water partition coefficient (Wildman–Crippen LogP) is 0.739. The molecule has 1 aromatic rings. The Balaban J connectivity index is 2.30. The molecule has 3 atom stereocenters. The predicted molar refractivity (Wildman–Crippen MR) is 60.3 cm³/mol. The minimum Gasteiger partial charge on any atom is -0.507 e. The number of carbonyl (C=O) groups is 2. The Morgan fingerprint density at radius 1 is 1.44 bits per heavy atom. The van der Waals surface area contributed by atoms with Crippen LogP contribution in [0.15, 0.2) is 18.2 Å². The zero-order chi connectivity index (χ0) is 13.3. The van der Waals surface area contributed by atoms with E-state index in [9.17, 15) is 19.8 Å². The minimum absolute atomic E-state index is 0.0184. The molecule has 1 aliphatic heterocycles. The van der Waals surface area contributed by atoms with Crippen LogP contribution >= 0.6 is 0 Å². The Kier molecular flexibility index (Phi) is 1.89. The number of carbonyl (C=O) groups excluding carboxylic acids is 2. The van der Waals surface area contributed by atoms with Crippen molar-refractivity contribution in [2.75, 3.05) is 0 Å². The van der Waals surface area contributed by atoms with E-state index >= 15 is 0 Å². The molecule has 1 aliphatic carbocycles. The van der Waals surface area contributed by atoms with Crippen molar-refractivity contribution in [2.24, 2.45) is 0 Å². The summed E-state index contributed by atoms with van der Waals surface area (Å²) in [5.41, 5.74) is -2.58. The Labute approximate surface area is 103 Å². The van der Waals surface area contributed by atoms with Crippen LogP contribution in [0.5, 0.6) is 5.75 Å². The average Bonchev–Trinajstić information content (AvgIpc) is 2.96. The third-order valence-corrected chi connectivity index (χ3v) is 3.96. The summed E-state index contributed by atoms with van der Waals surface area (Å²) in [6.45, 7) is 2.78. The Hall–Kier alpha value is -1.72. The van der Waals surface area contributed by atoms with Crippen molar-refractivity contribution in [1.82, 2.24) is 0 Å². The first-order valence-electron chi connectivity index (χ1n) is 5.62. The topological polar surface area (TPSA) is 87.1 Å². The van der Waals surface area contributed by atoms with Crippen LogP contribution < -0.4 is 0 Å². The molecule has 1 saturated heterocycles. The number of phenols is 1. The van der Waals surface area contributed by atoms with Crippen LogP contribution in [0.4, 0.5) is 0 Å². The molecule has 0 saturated carbocycles. The lowest BCUT2D eigenvalue weighted by molar-refractivity contribution is -0.120. The van der Waals surface area contributed by atoms with Gasteiger partial charge in [-0.05, 0) is 25.5 Å². The van der Waals surface area contributed by atoms with Gasteiger partial charge in [0.15, 0.2) is 5.78 Å². The van der Waals surface area contributed by atoms with Gasteiger partial charge in [0.25, 0.3) is 0 Å². The highest BCUT2D eigenvalue weighted by atomic mass is 16.7. The van der Waals surface area contributed by atoms with Gasteiger partial charge in [-0.3, -0.25) is 9.59 Å². The lowest BCUT2D eigenvalue weighted by atomic mass is 9.72. The van der Waals surface area contributed by atoms with Gasteiger partial charge in [-0.2, -0.15) is 0 Å². The van der Waals surface area contributed by atoms with Crippen molar-refractivity contribution in [2.45, 2.75) is 31.2 Å². The Morgan fingerprint density at radius 2 is 2.11 bits per heavy atom. The number of ether oxygens (including phenoxy) is 1. The molecule has 1 heterocycles. The molecule has 1 aromatic carbocycles. The van der Waals surface area contributed by atoms with Crippen molar-refractivity contribution in [3.63, 3.8) is 0 Å². The van der Waals surface area contributed by atoms with Gasteiger partial charge in [-0.1, -0.05) is 12.1 Å². The van der Waals surface area contributed by atoms with Crippen molar-refractivity contribution >= 4 is 11.6 Å². The monoisotopic (exact) mass is 248 g/mol. The Bertz CT molecular complexity index is 593. The molecule has 0 spiro atoms. The third-order valence-electron chi connectivity index (χ3n) is 3.96. The zero-order valence-electron chi connectivity index (χ0n) is 9.93. The van der Waals surface area contributed by atoms with Crippen molar-refractivity contribution < 1.29 is 24.5 Å². The first-order valence-corrected chi connectivity index (χ1v) is 5.62. The molecule has 5 nitrogen and oxygen atoms in total. The average molecular weight is 248 g/mol. The van der Waals surface area contributed by atoms with Gasteiger partial charge in [-0.25, -0.2) is 0 Å². The van der Waals surface area contributed by atoms with Crippen LogP contribution in [-0.2, 0) is 9.53 Å². The summed E-state index contributed by atoms with van der Waals surface area (Å²) in [6, 6.07) is 4.44. The molecule has 0 aromatic heterocycles. The first kappa shape index (κ1) is 11.4. The standard InChI is InChI=1S/C13H12O5/c1-6(14)13-11(17)9-7(4-3-5-8(9)15)10(16)12(13,2)18-13/h3-5,10,15-16H,1-2H3/t10-,12-,13-/m0/s1. The van der Waals surface area contributed by atoms with Crippen LogP contribution in [0.25, 0.3) is 0 Å². The molecule has 94 valence electrons. The number of aliphatic hydroxyl groups excluding tert-OH is 1. The van der Waals surface area contributed by atoms with E-state index in [1.807, 2.05) is 0 Å². The summed E-state index contributed by atoms with van der Waals surface area (Å²) < 4.78 is 5.32. The molecule has 0 amide bonds. The second kappa shape index (κ2) is 2.99. The van der Waals surface area contributed by atoms with E-state index < -0.39 is 28.9 Å². The molecule has 1 fully saturated rings. The smallest absolute Gasteiger partial charge is 0.221 e. The highest BCUT2D eigenvalue weighted by Gasteiger charge is 2.80. The number of fused-ring (bicyclic) bond motifs is 2. The lowest BCUT2D eigenvalue weighted by Gasteiger charge is -2.27. The largest absolute Gasteiger partial charge is 0.507 e. The van der Waals surface area contributed by atoms with E-state index in [2.05, 4.69) is 0 Å². The van der Waals surface area contributed by atoms with E-state index in [0.29, 0.717) is 5.56 Å². The fraction of sp³-hybridized carbons (Fsp3) is 0.385. The molecule has 0 radical (unpaired) electrons. The number of hydrogen-bond donors (Lipinski definition) is 2. The van der Waals surface area contributed by atoms with Crippen molar-refractivity contribution in [1.29, 1.82) is 0 Å². The summed E-state index contributed by atoms with van der Waals surface area (Å²) in [7, 11) is 0. The van der Waals surface area contributed by atoms with Gasteiger partial charge in [0.1, 0.15) is 17.5 Å². The molecule has 2 aliphatic rings. The number of hydrogen-bond acceptors (Lipinski definition) is 5. The summed E-state index contributed by atoms with van der Waals surface area (Å²) >= 11 is 0. The number of phenolic OH excluding ortho intramolecular Hbond substituents is 1. The second-order valence-electron chi connectivity index (χ2n) is 4.92. The molecule has 2 N–H and O–H groups in total. The summed E-state index contributed by atoms with van der Waals surface area (Å²) in [5.74, 6) is -1.27. The molecule has 5 heteroatoms. The molecule has 3 rings (SSSR count). The maximum atomic E-state index is 12.4. The van der Waals surface area contributed by atoms with Crippen LogP contribution in [0, 0.1) is 0 Å². The molecule has 0 unspecified atom stereocenters. The zero-order valence-corrected chi connectivity index (χ0v) is 9.93. The highest BCUT2D eigenvalue weighted by molar-refractivity contribution is 6.23. The van der Waals surface area contributed by atoms with Crippen LogP contribution in [0.1, 0.15) is 35.9 Å². The number of epoxide rings is 1. The summed E-state index contributed by atoms with van der Waals surface area (Å²) in [6.07, 6.45) is -1.11. The second-order valence-corrected chi connectivity index (χ2v) is 4.92. The molecular weight excluding hydrogens is 236 g/mol. The van der Waals surface area contributed by atoms with Gasteiger partial charge in [-0.15, -0.1) is 0 Å². The van der Waals surface area contributed by atoms with E-state index in [1.54, 1.807) is 6.07 Å². The van der Waals surface area contributed by atoms with Crippen LogP contribution in [0.3, 0.4) is 0 Å². The number of benzene rings is 1. The molecule has 0 bridgehead atoms. The molecule has 18 heavy (non-hydrogen) atoms. The first-order chi connectivity index (χ1) is 8.36. The fourth-order valence-electron chi connectivity index (χ4n) is 2.90. The fourth-order valence-corrected chi connectivity index (χ4v) is 2.90. The maximum Gasteiger partial charge on any atom is 0.221 e. The van der Waals surface area contributed by atoms with Gasteiger partial charge < -0.3 is 14.9 Å². The van der Waals surface area contributed by atoms with Crippen LogP contribution in [0.2, 0.25) is 0 Å². The normalized spacial score (nSPS) is 36.8. The number of rotatable bonds is 1. The van der Waals surface area contributed by atoms with Gasteiger partial charge in [0.05, 0.1) is 5.56 Å². The van der Waals surface area contributed by atoms with E-state index in [0.717, 1.165) is 0 Å². The molecular formula is C13H12O5. The third kappa shape index (κ3) is 0.958. The number of aromatic hydroxyl groups is 1. The highest BCUT2D eigenvalue weighted by Crippen LogP contribution is 2.61. The number of Topliss-reactive ketones (excluding diaryl/α,β-unsaturated/α-hetero) is 2. The van der Waals surface area contributed by atoms with Gasteiger partial charge in [0, 0.05) is 0 Å². The number of aliphatic hydroxyl groups is 1. The van der Waals surface area contributed by atoms with E-state index in [4.69, 9.17) is 4.74 Å². The summed E-state index contributed by atoms with van der Waals surface area (Å²) in [5, 5.41) is 20.0. The maximum absolute atomic E-state index is 12.4. The van der Waals surface area contributed by atoms with Gasteiger partial charge >= 0.3 is 0 Å². The van der Waals surface area contributed by atoms with Crippen molar-refractivity contribution in [3.05, 3.63) is 29.3 Å².